The van der Waals surface area contributed by atoms with E-state index in [0.717, 1.165) is 11.3 Å². The van der Waals surface area contributed by atoms with Gasteiger partial charge in [-0.3, -0.25) is 10.1 Å². The third-order valence-corrected chi connectivity index (χ3v) is 2.51. The minimum Gasteiger partial charge on any atom is -0.443 e. The standard InChI is InChI=1S/C10H13N3O4S/c1-10(2,3)17-9(14)12-11-6-7-4-5-8(18-7)13(15)16/h4-6H,1-3H3,(H,12,14). The van der Waals surface area contributed by atoms with Gasteiger partial charge in [0.1, 0.15) is 5.60 Å². The quantitative estimate of drug-likeness (QED) is 0.519. The molecule has 1 aromatic heterocycles. The Morgan fingerprint density at radius 3 is 2.72 bits per heavy atom. The number of carbonyl (C=O) groups excluding carboxylic acids is 1. The van der Waals surface area contributed by atoms with Crippen LogP contribution in [0.2, 0.25) is 0 Å². The van der Waals surface area contributed by atoms with Crippen LogP contribution in [0.4, 0.5) is 9.80 Å². The number of hydrogen-bond acceptors (Lipinski definition) is 6. The zero-order valence-electron chi connectivity index (χ0n) is 10.2. The first-order valence-electron chi connectivity index (χ1n) is 5.04. The van der Waals surface area contributed by atoms with Gasteiger partial charge in [0.15, 0.2) is 0 Å². The first-order chi connectivity index (χ1) is 8.28. The van der Waals surface area contributed by atoms with Crippen LogP contribution in [0.1, 0.15) is 25.6 Å². The van der Waals surface area contributed by atoms with Crippen molar-refractivity contribution in [1.29, 1.82) is 0 Å². The van der Waals surface area contributed by atoms with Crippen molar-refractivity contribution in [2.75, 3.05) is 0 Å². The lowest BCUT2D eigenvalue weighted by atomic mass is 10.2. The molecule has 1 aromatic rings. The molecule has 0 saturated carbocycles. The zero-order chi connectivity index (χ0) is 13.8. The first kappa shape index (κ1) is 14.1. The van der Waals surface area contributed by atoms with Crippen LogP contribution >= 0.6 is 11.3 Å². The molecular formula is C10H13N3O4S. The number of hydrazone groups is 1. The van der Waals surface area contributed by atoms with E-state index in [4.69, 9.17) is 4.74 Å². The molecule has 0 aromatic carbocycles. The predicted octanol–water partition coefficient (Wildman–Crippen LogP) is 2.51. The summed E-state index contributed by atoms with van der Waals surface area (Å²) in [5.74, 6) is 0. The van der Waals surface area contributed by atoms with Crippen LogP contribution in [0, 0.1) is 10.1 Å². The van der Waals surface area contributed by atoms with Crippen LogP contribution in [0.5, 0.6) is 0 Å². The fourth-order valence-corrected chi connectivity index (χ4v) is 1.65. The maximum absolute atomic E-state index is 11.2. The summed E-state index contributed by atoms with van der Waals surface area (Å²) in [5, 5.41) is 14.1. The summed E-state index contributed by atoms with van der Waals surface area (Å²) in [6, 6.07) is 2.92. The Morgan fingerprint density at radius 1 is 1.56 bits per heavy atom. The highest BCUT2D eigenvalue weighted by Crippen LogP contribution is 2.22. The lowest BCUT2D eigenvalue weighted by molar-refractivity contribution is -0.380. The number of rotatable bonds is 3. The smallest absolute Gasteiger partial charge is 0.428 e. The Morgan fingerprint density at radius 2 is 2.22 bits per heavy atom. The third-order valence-electron chi connectivity index (χ3n) is 1.54. The summed E-state index contributed by atoms with van der Waals surface area (Å²) in [5.41, 5.74) is 1.58. The molecule has 1 heterocycles. The topological polar surface area (TPSA) is 93.8 Å². The number of hydrogen-bond donors (Lipinski definition) is 1. The van der Waals surface area contributed by atoms with Gasteiger partial charge in [-0.25, -0.2) is 10.2 Å². The second kappa shape index (κ2) is 5.58. The number of nitrogens with one attached hydrogen (secondary N) is 1. The van der Waals surface area contributed by atoms with E-state index in [2.05, 4.69) is 10.5 Å². The van der Waals surface area contributed by atoms with Crippen LogP contribution in [-0.4, -0.2) is 22.8 Å². The Hall–Kier alpha value is -1.96. The van der Waals surface area contributed by atoms with Crippen LogP contribution in [-0.2, 0) is 4.74 Å². The number of thiophene rings is 1. The van der Waals surface area contributed by atoms with Gasteiger partial charge in [0.2, 0.25) is 0 Å². The molecule has 18 heavy (non-hydrogen) atoms. The van der Waals surface area contributed by atoms with Crippen molar-refractivity contribution in [3.05, 3.63) is 27.1 Å². The molecule has 0 fully saturated rings. The predicted molar refractivity (Wildman–Crippen MR) is 67.9 cm³/mol. The normalized spacial score (nSPS) is 11.5. The average Bonchev–Trinajstić information content (AvgIpc) is 2.63. The minimum atomic E-state index is -0.676. The van der Waals surface area contributed by atoms with Crippen LogP contribution in [0.15, 0.2) is 17.2 Å². The van der Waals surface area contributed by atoms with Gasteiger partial charge in [-0.1, -0.05) is 11.3 Å². The van der Waals surface area contributed by atoms with E-state index in [1.807, 2.05) is 0 Å². The number of ether oxygens (including phenoxy) is 1. The zero-order valence-corrected chi connectivity index (χ0v) is 11.0. The monoisotopic (exact) mass is 271 g/mol. The second-order valence-corrected chi connectivity index (χ2v) is 5.40. The molecule has 0 aliphatic heterocycles. The Bertz CT molecular complexity index is 476. The van der Waals surface area contributed by atoms with E-state index in [1.165, 1.54) is 12.3 Å². The number of nitrogens with zero attached hydrogens (tertiary/aromatic N) is 2. The molecular weight excluding hydrogens is 258 g/mol. The van der Waals surface area contributed by atoms with Gasteiger partial charge < -0.3 is 4.74 Å². The molecule has 1 amide bonds. The molecule has 0 radical (unpaired) electrons. The molecule has 98 valence electrons. The van der Waals surface area contributed by atoms with Gasteiger partial charge in [-0.2, -0.15) is 5.10 Å². The molecule has 1 rings (SSSR count). The summed E-state index contributed by atoms with van der Waals surface area (Å²) in [4.78, 5) is 21.7. The van der Waals surface area contributed by atoms with Crippen LogP contribution in [0.25, 0.3) is 0 Å². The van der Waals surface area contributed by atoms with E-state index in [9.17, 15) is 14.9 Å². The average molecular weight is 271 g/mol. The van der Waals surface area contributed by atoms with E-state index in [1.54, 1.807) is 26.8 Å². The summed E-state index contributed by atoms with van der Waals surface area (Å²) in [6.07, 6.45) is 0.645. The van der Waals surface area contributed by atoms with E-state index in [0.29, 0.717) is 4.88 Å². The summed E-state index contributed by atoms with van der Waals surface area (Å²) in [6.45, 7) is 5.21. The molecule has 0 unspecified atom stereocenters. The molecule has 1 N–H and O–H groups in total. The van der Waals surface area contributed by atoms with Crippen molar-refractivity contribution in [1.82, 2.24) is 5.43 Å². The number of carbonyl (C=O) groups is 1. The van der Waals surface area contributed by atoms with Crippen molar-refractivity contribution in [3.8, 4) is 0 Å². The maximum atomic E-state index is 11.2. The Labute approximate surface area is 108 Å². The van der Waals surface area contributed by atoms with Gasteiger partial charge >= 0.3 is 11.1 Å². The van der Waals surface area contributed by atoms with Gasteiger partial charge in [0.25, 0.3) is 0 Å². The van der Waals surface area contributed by atoms with Crippen LogP contribution in [0.3, 0.4) is 0 Å². The first-order valence-corrected chi connectivity index (χ1v) is 5.86. The number of nitro groups is 1. The molecule has 0 saturated heterocycles. The van der Waals surface area contributed by atoms with Crippen molar-refractivity contribution in [2.45, 2.75) is 26.4 Å². The highest BCUT2D eigenvalue weighted by molar-refractivity contribution is 7.16. The summed E-state index contributed by atoms with van der Waals surface area (Å²) >= 11 is 0.965. The van der Waals surface area contributed by atoms with Gasteiger partial charge in [-0.05, 0) is 26.8 Å². The lowest BCUT2D eigenvalue weighted by Gasteiger charge is -2.18. The summed E-state index contributed by atoms with van der Waals surface area (Å²) < 4.78 is 4.95. The molecule has 0 bridgehead atoms. The second-order valence-electron chi connectivity index (χ2n) is 4.31. The molecule has 0 aliphatic carbocycles. The van der Waals surface area contributed by atoms with Crippen molar-refractivity contribution >= 4 is 28.6 Å². The molecule has 7 nitrogen and oxygen atoms in total. The molecule has 8 heteroatoms. The van der Waals surface area contributed by atoms with Crippen molar-refractivity contribution < 1.29 is 14.5 Å². The number of amides is 1. The third kappa shape index (κ3) is 4.91. The highest BCUT2D eigenvalue weighted by Gasteiger charge is 2.15. The Kier molecular flexibility index (Phi) is 4.38. The van der Waals surface area contributed by atoms with Gasteiger partial charge in [0, 0.05) is 6.07 Å². The van der Waals surface area contributed by atoms with Crippen molar-refractivity contribution in [3.63, 3.8) is 0 Å². The highest BCUT2D eigenvalue weighted by atomic mass is 32.1. The van der Waals surface area contributed by atoms with E-state index >= 15 is 0 Å². The van der Waals surface area contributed by atoms with Crippen molar-refractivity contribution in [2.24, 2.45) is 5.10 Å². The minimum absolute atomic E-state index is 0.0220. The Balaban J connectivity index is 2.49. The van der Waals surface area contributed by atoms with Gasteiger partial charge in [0.05, 0.1) is 16.0 Å². The fraction of sp³-hybridized carbons (Fsp3) is 0.400. The molecule has 0 atom stereocenters. The van der Waals surface area contributed by atoms with E-state index < -0.39 is 16.6 Å². The fourth-order valence-electron chi connectivity index (χ4n) is 0.959. The van der Waals surface area contributed by atoms with Gasteiger partial charge in [-0.15, -0.1) is 0 Å². The van der Waals surface area contributed by atoms with Crippen LogP contribution < -0.4 is 5.43 Å². The molecule has 0 aliphatic rings. The lowest BCUT2D eigenvalue weighted by Crippen LogP contribution is -2.29. The van der Waals surface area contributed by atoms with E-state index in [-0.39, 0.29) is 5.00 Å². The SMILES string of the molecule is CC(C)(C)OC(=O)NN=Cc1ccc([N+](=O)[O-])s1. The largest absolute Gasteiger partial charge is 0.443 e. The summed E-state index contributed by atoms with van der Waals surface area (Å²) in [7, 11) is 0. The molecule has 0 spiro atoms. The maximum Gasteiger partial charge on any atom is 0.428 e.